The van der Waals surface area contributed by atoms with Crippen molar-refractivity contribution in [1.82, 2.24) is 5.32 Å². The van der Waals surface area contributed by atoms with Gasteiger partial charge in [-0.05, 0) is 30.5 Å². The Bertz CT molecular complexity index is 578. The molecule has 21 heavy (non-hydrogen) atoms. The van der Waals surface area contributed by atoms with Crippen LogP contribution in [0.1, 0.15) is 12.8 Å². The Morgan fingerprint density at radius 3 is 2.71 bits per heavy atom. The van der Waals surface area contributed by atoms with Gasteiger partial charge in [0.2, 0.25) is 0 Å². The minimum Gasteiger partial charge on any atom is -0.368 e. The minimum atomic E-state index is -0.359. The zero-order valence-electron chi connectivity index (χ0n) is 11.9. The van der Waals surface area contributed by atoms with E-state index in [4.69, 9.17) is 0 Å². The van der Waals surface area contributed by atoms with Crippen LogP contribution in [-0.4, -0.2) is 30.6 Å². The van der Waals surface area contributed by atoms with E-state index in [1.54, 1.807) is 12.1 Å². The maximum atomic E-state index is 10.7. The van der Waals surface area contributed by atoms with Crippen LogP contribution in [0, 0.1) is 10.1 Å². The van der Waals surface area contributed by atoms with Crippen molar-refractivity contribution in [2.24, 2.45) is 0 Å². The van der Waals surface area contributed by atoms with Gasteiger partial charge in [-0.1, -0.05) is 18.2 Å². The van der Waals surface area contributed by atoms with Crippen LogP contribution < -0.4 is 10.2 Å². The summed E-state index contributed by atoms with van der Waals surface area (Å²) in [4.78, 5) is 12.6. The molecule has 1 fully saturated rings. The summed E-state index contributed by atoms with van der Waals surface area (Å²) in [6, 6.07) is 7.17. The number of nitro benzene ring substituents is 1. The molecule has 2 aliphatic rings. The SMILES string of the molecule is O=[N+]([O-])c1ccc(N2CCNC(C3=CCCC=C3)C2)cc1. The van der Waals surface area contributed by atoms with Crippen LogP contribution in [-0.2, 0) is 0 Å². The fourth-order valence-electron chi connectivity index (χ4n) is 2.88. The monoisotopic (exact) mass is 285 g/mol. The standard InChI is InChI=1S/C16H19N3O2/c20-19(21)15-8-6-14(7-9-15)18-11-10-17-16(12-18)13-4-2-1-3-5-13/h2,4-9,16-17H,1,3,10-12H2. The van der Waals surface area contributed by atoms with Gasteiger partial charge in [-0.2, -0.15) is 0 Å². The molecule has 3 rings (SSSR count). The van der Waals surface area contributed by atoms with Crippen molar-refractivity contribution in [3.8, 4) is 0 Å². The second kappa shape index (κ2) is 6.10. The number of nitro groups is 1. The first-order chi connectivity index (χ1) is 10.2. The fraction of sp³-hybridized carbons (Fsp3) is 0.375. The largest absolute Gasteiger partial charge is 0.368 e. The second-order valence-corrected chi connectivity index (χ2v) is 5.41. The van der Waals surface area contributed by atoms with Gasteiger partial charge in [0.25, 0.3) is 5.69 Å². The number of benzene rings is 1. The summed E-state index contributed by atoms with van der Waals surface area (Å²) in [5, 5.41) is 14.3. The molecule has 1 aromatic rings. The predicted molar refractivity (Wildman–Crippen MR) is 83.6 cm³/mol. The number of non-ortho nitro benzene ring substituents is 1. The molecule has 1 aliphatic heterocycles. The predicted octanol–water partition coefficient (Wildman–Crippen LogP) is 2.65. The molecule has 5 heteroatoms. The van der Waals surface area contributed by atoms with Crippen molar-refractivity contribution >= 4 is 11.4 Å². The van der Waals surface area contributed by atoms with E-state index in [0.29, 0.717) is 6.04 Å². The highest BCUT2D eigenvalue weighted by molar-refractivity contribution is 5.52. The van der Waals surface area contributed by atoms with Gasteiger partial charge >= 0.3 is 0 Å². The van der Waals surface area contributed by atoms with Gasteiger partial charge in [-0.25, -0.2) is 0 Å². The van der Waals surface area contributed by atoms with E-state index in [1.807, 2.05) is 12.1 Å². The fourth-order valence-corrected chi connectivity index (χ4v) is 2.88. The molecule has 1 aliphatic carbocycles. The Labute approximate surface area is 124 Å². The van der Waals surface area contributed by atoms with Gasteiger partial charge in [-0.15, -0.1) is 0 Å². The highest BCUT2D eigenvalue weighted by Crippen LogP contribution is 2.23. The maximum absolute atomic E-state index is 10.7. The lowest BCUT2D eigenvalue weighted by atomic mass is 9.98. The van der Waals surface area contributed by atoms with Crippen molar-refractivity contribution < 1.29 is 4.92 Å². The van der Waals surface area contributed by atoms with Crippen molar-refractivity contribution in [3.63, 3.8) is 0 Å². The summed E-state index contributed by atoms with van der Waals surface area (Å²) in [5.74, 6) is 0. The first-order valence-corrected chi connectivity index (χ1v) is 7.33. The van der Waals surface area contributed by atoms with Gasteiger partial charge in [0.15, 0.2) is 0 Å². The summed E-state index contributed by atoms with van der Waals surface area (Å²) in [6.07, 6.45) is 8.98. The van der Waals surface area contributed by atoms with Crippen LogP contribution >= 0.6 is 0 Å². The number of hydrogen-bond acceptors (Lipinski definition) is 4. The molecule has 1 aromatic carbocycles. The molecular formula is C16H19N3O2. The molecule has 1 N–H and O–H groups in total. The number of hydrogen-bond donors (Lipinski definition) is 1. The van der Waals surface area contributed by atoms with Gasteiger partial charge < -0.3 is 10.2 Å². The molecule has 0 radical (unpaired) electrons. The van der Waals surface area contributed by atoms with Crippen molar-refractivity contribution in [2.75, 3.05) is 24.5 Å². The molecule has 0 spiro atoms. The zero-order chi connectivity index (χ0) is 14.7. The van der Waals surface area contributed by atoms with Crippen LogP contribution in [0.15, 0.2) is 48.1 Å². The Hall–Kier alpha value is -2.14. The molecule has 5 nitrogen and oxygen atoms in total. The Balaban J connectivity index is 1.72. The van der Waals surface area contributed by atoms with E-state index in [1.165, 1.54) is 5.57 Å². The summed E-state index contributed by atoms with van der Waals surface area (Å²) >= 11 is 0. The normalized spacial score (nSPS) is 22.0. The van der Waals surface area contributed by atoms with E-state index < -0.39 is 0 Å². The van der Waals surface area contributed by atoms with Crippen molar-refractivity contribution in [3.05, 3.63) is 58.2 Å². The molecular weight excluding hydrogens is 266 g/mol. The number of piperazine rings is 1. The number of anilines is 1. The minimum absolute atomic E-state index is 0.142. The number of nitrogens with one attached hydrogen (secondary N) is 1. The van der Waals surface area contributed by atoms with Crippen molar-refractivity contribution in [1.29, 1.82) is 0 Å². The van der Waals surface area contributed by atoms with Crippen LogP contribution in [0.5, 0.6) is 0 Å². The van der Waals surface area contributed by atoms with Gasteiger partial charge in [0, 0.05) is 43.5 Å². The smallest absolute Gasteiger partial charge is 0.269 e. The van der Waals surface area contributed by atoms with E-state index in [0.717, 1.165) is 38.2 Å². The molecule has 1 heterocycles. The molecule has 0 amide bonds. The summed E-state index contributed by atoms with van der Waals surface area (Å²) in [7, 11) is 0. The molecule has 0 bridgehead atoms. The highest BCUT2D eigenvalue weighted by atomic mass is 16.6. The summed E-state index contributed by atoms with van der Waals surface area (Å²) < 4.78 is 0. The van der Waals surface area contributed by atoms with Gasteiger partial charge in [-0.3, -0.25) is 10.1 Å². The average molecular weight is 285 g/mol. The molecule has 1 unspecified atom stereocenters. The molecule has 0 saturated carbocycles. The Kier molecular flexibility index (Phi) is 4.01. The highest BCUT2D eigenvalue weighted by Gasteiger charge is 2.22. The van der Waals surface area contributed by atoms with Crippen LogP contribution in [0.25, 0.3) is 0 Å². The molecule has 1 atom stereocenters. The number of nitrogens with zero attached hydrogens (tertiary/aromatic N) is 2. The van der Waals surface area contributed by atoms with Crippen LogP contribution in [0.2, 0.25) is 0 Å². The number of allylic oxidation sites excluding steroid dienone is 2. The van der Waals surface area contributed by atoms with Gasteiger partial charge in [0.05, 0.1) is 4.92 Å². The van der Waals surface area contributed by atoms with Crippen LogP contribution in [0.3, 0.4) is 0 Å². The van der Waals surface area contributed by atoms with Crippen molar-refractivity contribution in [2.45, 2.75) is 18.9 Å². The van der Waals surface area contributed by atoms with E-state index in [9.17, 15) is 10.1 Å². The maximum Gasteiger partial charge on any atom is 0.269 e. The molecule has 0 aromatic heterocycles. The zero-order valence-corrected chi connectivity index (χ0v) is 11.9. The van der Waals surface area contributed by atoms with Gasteiger partial charge in [0.1, 0.15) is 0 Å². The van der Waals surface area contributed by atoms with E-state index >= 15 is 0 Å². The third-order valence-corrected chi connectivity index (χ3v) is 4.03. The third kappa shape index (κ3) is 3.13. The lowest BCUT2D eigenvalue weighted by molar-refractivity contribution is -0.384. The molecule has 1 saturated heterocycles. The lowest BCUT2D eigenvalue weighted by Crippen LogP contribution is -2.51. The molecule has 110 valence electrons. The first kappa shape index (κ1) is 13.8. The summed E-state index contributed by atoms with van der Waals surface area (Å²) in [5.41, 5.74) is 2.55. The second-order valence-electron chi connectivity index (χ2n) is 5.41. The van der Waals surface area contributed by atoms with E-state index in [2.05, 4.69) is 28.4 Å². The number of rotatable bonds is 3. The Morgan fingerprint density at radius 1 is 1.24 bits per heavy atom. The van der Waals surface area contributed by atoms with Crippen LogP contribution in [0.4, 0.5) is 11.4 Å². The summed E-state index contributed by atoms with van der Waals surface area (Å²) in [6.45, 7) is 2.74. The topological polar surface area (TPSA) is 58.4 Å². The Morgan fingerprint density at radius 2 is 2.05 bits per heavy atom. The average Bonchev–Trinajstić information content (AvgIpc) is 2.56. The first-order valence-electron chi connectivity index (χ1n) is 7.33. The van der Waals surface area contributed by atoms with E-state index in [-0.39, 0.29) is 10.6 Å². The third-order valence-electron chi connectivity index (χ3n) is 4.03. The quantitative estimate of drug-likeness (QED) is 0.685. The lowest BCUT2D eigenvalue weighted by Gasteiger charge is -2.36.